The van der Waals surface area contributed by atoms with Crippen molar-refractivity contribution in [3.63, 3.8) is 0 Å². The van der Waals surface area contributed by atoms with Crippen LogP contribution in [-0.4, -0.2) is 50.5 Å². The predicted octanol–water partition coefficient (Wildman–Crippen LogP) is 3.79. The Kier molecular flexibility index (Phi) is 9.82. The lowest BCUT2D eigenvalue weighted by molar-refractivity contribution is -0.140. The number of carbonyl (C=O) groups is 2. The third-order valence-electron chi connectivity index (χ3n) is 5.79. The van der Waals surface area contributed by atoms with E-state index in [0.717, 1.165) is 21.7 Å². The molecule has 0 aromatic heterocycles. The average Bonchev–Trinajstić information content (AvgIpc) is 2.78. The third-order valence-corrected chi connectivity index (χ3v) is 6.93. The van der Waals surface area contributed by atoms with Gasteiger partial charge < -0.3 is 10.2 Å². The van der Waals surface area contributed by atoms with Crippen LogP contribution in [-0.2, 0) is 26.2 Å². The van der Waals surface area contributed by atoms with Gasteiger partial charge in [0.1, 0.15) is 18.4 Å². The minimum absolute atomic E-state index is 0.0389. The number of hydrogen-bond acceptors (Lipinski definition) is 4. The maximum Gasteiger partial charge on any atom is 0.244 e. The largest absolute Gasteiger partial charge is 0.354 e. The van der Waals surface area contributed by atoms with E-state index in [9.17, 15) is 22.4 Å². The van der Waals surface area contributed by atoms with Gasteiger partial charge in [0.05, 0.1) is 11.9 Å². The Labute approximate surface area is 208 Å². The van der Waals surface area contributed by atoms with Crippen molar-refractivity contribution in [3.05, 3.63) is 65.0 Å². The number of rotatable bonds is 11. The standard InChI is InChI=1S/C26H36FN3O4S/c1-7-24(26(32)28-15-18(2)3)29(16-21-9-11-22(27)12-10-21)25(31)17-30(35(6,33)34)23-13-8-19(4)20(5)14-23/h8-14,18,24H,7,15-17H2,1-6H3,(H,28,32)/t24-/m0/s1. The zero-order valence-electron chi connectivity index (χ0n) is 21.3. The fraction of sp³-hybridized carbons (Fsp3) is 0.462. The first-order valence-corrected chi connectivity index (χ1v) is 13.5. The molecule has 0 heterocycles. The molecule has 0 radical (unpaired) electrons. The monoisotopic (exact) mass is 505 g/mol. The predicted molar refractivity (Wildman–Crippen MR) is 137 cm³/mol. The Bertz CT molecular complexity index is 1130. The second kappa shape index (κ2) is 12.2. The summed E-state index contributed by atoms with van der Waals surface area (Å²) < 4.78 is 39.8. The average molecular weight is 506 g/mol. The van der Waals surface area contributed by atoms with E-state index < -0.39 is 34.3 Å². The van der Waals surface area contributed by atoms with Gasteiger partial charge >= 0.3 is 0 Å². The second-order valence-electron chi connectivity index (χ2n) is 9.25. The number of halogens is 1. The summed E-state index contributed by atoms with van der Waals surface area (Å²) >= 11 is 0. The molecule has 0 unspecified atom stereocenters. The van der Waals surface area contributed by atoms with E-state index >= 15 is 0 Å². The molecule has 0 aliphatic rings. The summed E-state index contributed by atoms with van der Waals surface area (Å²) in [5.41, 5.74) is 2.90. The Morgan fingerprint density at radius 3 is 2.17 bits per heavy atom. The van der Waals surface area contributed by atoms with Gasteiger partial charge in [-0.1, -0.05) is 39.0 Å². The summed E-state index contributed by atoms with van der Waals surface area (Å²) in [4.78, 5) is 28.0. The number of hydrogen-bond donors (Lipinski definition) is 1. The first-order valence-electron chi connectivity index (χ1n) is 11.7. The van der Waals surface area contributed by atoms with Crippen LogP contribution in [0.5, 0.6) is 0 Å². The van der Waals surface area contributed by atoms with E-state index in [1.807, 2.05) is 27.7 Å². The number of amides is 2. The summed E-state index contributed by atoms with van der Waals surface area (Å²) in [6.07, 6.45) is 1.38. The fourth-order valence-corrected chi connectivity index (χ4v) is 4.46. The lowest BCUT2D eigenvalue weighted by Crippen LogP contribution is -2.52. The van der Waals surface area contributed by atoms with Gasteiger partial charge in [-0.25, -0.2) is 12.8 Å². The van der Waals surface area contributed by atoms with Crippen molar-refractivity contribution in [3.8, 4) is 0 Å². The Morgan fingerprint density at radius 1 is 1.03 bits per heavy atom. The van der Waals surface area contributed by atoms with Gasteiger partial charge in [0, 0.05) is 13.1 Å². The van der Waals surface area contributed by atoms with Crippen LogP contribution in [0.15, 0.2) is 42.5 Å². The van der Waals surface area contributed by atoms with Crippen LogP contribution >= 0.6 is 0 Å². The van der Waals surface area contributed by atoms with Crippen LogP contribution in [0.4, 0.5) is 10.1 Å². The highest BCUT2D eigenvalue weighted by Gasteiger charge is 2.31. The van der Waals surface area contributed by atoms with Gasteiger partial charge in [-0.3, -0.25) is 13.9 Å². The molecule has 2 aromatic carbocycles. The van der Waals surface area contributed by atoms with Crippen molar-refractivity contribution in [2.45, 2.75) is 53.6 Å². The van der Waals surface area contributed by atoms with E-state index in [2.05, 4.69) is 5.32 Å². The molecule has 2 amide bonds. The number of nitrogens with zero attached hydrogens (tertiary/aromatic N) is 2. The number of sulfonamides is 1. The fourth-order valence-electron chi connectivity index (χ4n) is 3.62. The molecule has 9 heteroatoms. The molecule has 192 valence electrons. The van der Waals surface area contributed by atoms with Gasteiger partial charge in [-0.15, -0.1) is 0 Å². The molecule has 2 rings (SSSR count). The first-order chi connectivity index (χ1) is 16.3. The Balaban J connectivity index is 2.43. The third kappa shape index (κ3) is 8.06. The first kappa shape index (κ1) is 28.3. The molecule has 0 aliphatic heterocycles. The van der Waals surface area contributed by atoms with Crippen LogP contribution in [0.25, 0.3) is 0 Å². The number of carbonyl (C=O) groups excluding carboxylic acids is 2. The molecule has 7 nitrogen and oxygen atoms in total. The van der Waals surface area contributed by atoms with Crippen LogP contribution in [0.1, 0.15) is 43.9 Å². The smallest absolute Gasteiger partial charge is 0.244 e. The summed E-state index contributed by atoms with van der Waals surface area (Å²) in [6.45, 7) is 9.55. The van der Waals surface area contributed by atoms with Crippen LogP contribution in [0.2, 0.25) is 0 Å². The van der Waals surface area contributed by atoms with Gasteiger partial charge in [0.2, 0.25) is 21.8 Å². The van der Waals surface area contributed by atoms with Crippen LogP contribution in [0.3, 0.4) is 0 Å². The van der Waals surface area contributed by atoms with Crippen LogP contribution < -0.4 is 9.62 Å². The molecule has 0 fully saturated rings. The zero-order valence-corrected chi connectivity index (χ0v) is 22.2. The quantitative estimate of drug-likeness (QED) is 0.504. The molecule has 0 aliphatic carbocycles. The minimum atomic E-state index is -3.79. The lowest BCUT2D eigenvalue weighted by atomic mass is 10.1. The molecule has 35 heavy (non-hydrogen) atoms. The van der Waals surface area contributed by atoms with Gasteiger partial charge in [-0.05, 0) is 67.1 Å². The Hall–Kier alpha value is -2.94. The van der Waals surface area contributed by atoms with Gasteiger partial charge in [0.25, 0.3) is 0 Å². The summed E-state index contributed by atoms with van der Waals surface area (Å²) in [7, 11) is -3.79. The highest BCUT2D eigenvalue weighted by atomic mass is 32.2. The molecule has 2 aromatic rings. The van der Waals surface area contributed by atoms with E-state index in [0.29, 0.717) is 24.2 Å². The highest BCUT2D eigenvalue weighted by Crippen LogP contribution is 2.22. The van der Waals surface area contributed by atoms with Gasteiger partial charge in [-0.2, -0.15) is 0 Å². The summed E-state index contributed by atoms with van der Waals surface area (Å²) in [5.74, 6) is -1.02. The molecule has 1 N–H and O–H groups in total. The Morgan fingerprint density at radius 2 is 1.66 bits per heavy atom. The van der Waals surface area contributed by atoms with Crippen molar-refractivity contribution in [1.82, 2.24) is 10.2 Å². The summed E-state index contributed by atoms with van der Waals surface area (Å²) in [6, 6.07) is 10.0. The van der Waals surface area contributed by atoms with E-state index in [-0.39, 0.29) is 18.4 Å². The van der Waals surface area contributed by atoms with Crippen molar-refractivity contribution in [2.75, 3.05) is 23.7 Å². The molecule has 0 saturated heterocycles. The van der Waals surface area contributed by atoms with E-state index in [1.165, 1.54) is 17.0 Å². The maximum absolute atomic E-state index is 13.6. The van der Waals surface area contributed by atoms with Crippen molar-refractivity contribution < 1.29 is 22.4 Å². The second-order valence-corrected chi connectivity index (χ2v) is 11.2. The SMILES string of the molecule is CC[C@@H](C(=O)NCC(C)C)N(Cc1ccc(F)cc1)C(=O)CN(c1ccc(C)c(C)c1)S(C)(=O)=O. The number of benzene rings is 2. The highest BCUT2D eigenvalue weighted by molar-refractivity contribution is 7.92. The van der Waals surface area contributed by atoms with E-state index in [4.69, 9.17) is 0 Å². The zero-order chi connectivity index (χ0) is 26.3. The molecule has 1 atom stereocenters. The van der Waals surface area contributed by atoms with Crippen molar-refractivity contribution in [1.29, 1.82) is 0 Å². The maximum atomic E-state index is 13.6. The molecular weight excluding hydrogens is 469 g/mol. The lowest BCUT2D eigenvalue weighted by Gasteiger charge is -2.33. The number of anilines is 1. The molecule has 0 saturated carbocycles. The summed E-state index contributed by atoms with van der Waals surface area (Å²) in [5, 5.41) is 2.87. The van der Waals surface area contributed by atoms with Crippen molar-refractivity contribution in [2.24, 2.45) is 5.92 Å². The number of aryl methyl sites for hydroxylation is 2. The minimum Gasteiger partial charge on any atom is -0.354 e. The van der Waals surface area contributed by atoms with Crippen LogP contribution in [0, 0.1) is 25.6 Å². The molecular formula is C26H36FN3O4S. The number of nitrogens with one attached hydrogen (secondary N) is 1. The molecule has 0 bridgehead atoms. The van der Waals surface area contributed by atoms with Crippen molar-refractivity contribution >= 4 is 27.5 Å². The normalized spacial score (nSPS) is 12.3. The topological polar surface area (TPSA) is 86.8 Å². The molecule has 0 spiro atoms. The van der Waals surface area contributed by atoms with E-state index in [1.54, 1.807) is 37.3 Å². The van der Waals surface area contributed by atoms with Gasteiger partial charge in [0.15, 0.2) is 0 Å².